The molecule has 4 aromatic rings. The van der Waals surface area contributed by atoms with E-state index in [0.29, 0.717) is 43.2 Å². The summed E-state index contributed by atoms with van der Waals surface area (Å²) >= 11 is 4.86. The third-order valence-corrected chi connectivity index (χ3v) is 9.21. The molecule has 9 nitrogen and oxygen atoms in total. The summed E-state index contributed by atoms with van der Waals surface area (Å²) in [5.74, 6) is 0.463. The summed E-state index contributed by atoms with van der Waals surface area (Å²) in [6, 6.07) is 19.1. The minimum atomic E-state index is -0.665. The van der Waals surface area contributed by atoms with E-state index >= 15 is 0 Å². The number of rotatable bonds is 11. The maximum atomic E-state index is 14.1. The summed E-state index contributed by atoms with van der Waals surface area (Å²) in [5, 5.41) is 10.9. The number of nitrogens with zero attached hydrogens (tertiary/aromatic N) is 3. The van der Waals surface area contributed by atoms with Gasteiger partial charge in [-0.1, -0.05) is 68.9 Å². The fourth-order valence-corrected chi connectivity index (χ4v) is 6.78. The molecular formula is C35H34BrN3O6S. The lowest BCUT2D eigenvalue weighted by molar-refractivity contribution is -0.384. The van der Waals surface area contributed by atoms with E-state index in [0.717, 1.165) is 28.7 Å². The lowest BCUT2D eigenvalue weighted by atomic mass is 9.92. The van der Waals surface area contributed by atoms with Gasteiger partial charge in [-0.3, -0.25) is 19.5 Å². The van der Waals surface area contributed by atoms with Gasteiger partial charge < -0.3 is 9.47 Å². The van der Waals surface area contributed by atoms with E-state index in [4.69, 9.17) is 14.5 Å². The van der Waals surface area contributed by atoms with Gasteiger partial charge >= 0.3 is 5.97 Å². The van der Waals surface area contributed by atoms with Gasteiger partial charge in [-0.05, 0) is 87.8 Å². The number of hydrogen-bond donors (Lipinski definition) is 0. The highest BCUT2D eigenvalue weighted by molar-refractivity contribution is 9.10. The van der Waals surface area contributed by atoms with Crippen LogP contribution in [0.15, 0.2) is 92.3 Å². The molecule has 5 rings (SSSR count). The highest BCUT2D eigenvalue weighted by atomic mass is 79.9. The van der Waals surface area contributed by atoms with Crippen molar-refractivity contribution in [3.8, 4) is 5.75 Å². The number of halogens is 1. The van der Waals surface area contributed by atoms with E-state index in [9.17, 15) is 19.7 Å². The average Bonchev–Trinajstić information content (AvgIpc) is 3.34. The Balaban J connectivity index is 1.52. The number of nitro groups is 1. The van der Waals surface area contributed by atoms with E-state index < -0.39 is 16.9 Å². The third kappa shape index (κ3) is 7.05. The van der Waals surface area contributed by atoms with E-state index in [1.54, 1.807) is 35.8 Å². The van der Waals surface area contributed by atoms with Gasteiger partial charge in [-0.25, -0.2) is 9.79 Å². The van der Waals surface area contributed by atoms with Crippen LogP contribution in [0.25, 0.3) is 6.08 Å². The summed E-state index contributed by atoms with van der Waals surface area (Å²) < 4.78 is 14.2. The van der Waals surface area contributed by atoms with Gasteiger partial charge in [0.15, 0.2) is 4.80 Å². The molecular weight excluding hydrogens is 670 g/mol. The van der Waals surface area contributed by atoms with Gasteiger partial charge in [0.25, 0.3) is 11.2 Å². The van der Waals surface area contributed by atoms with Gasteiger partial charge in [-0.2, -0.15) is 0 Å². The fraction of sp³-hybridized carbons (Fsp3) is 0.286. The number of fused-ring (bicyclic) bond motifs is 1. The molecule has 0 bridgehead atoms. The Morgan fingerprint density at radius 1 is 1.11 bits per heavy atom. The smallest absolute Gasteiger partial charge is 0.338 e. The van der Waals surface area contributed by atoms with Crippen molar-refractivity contribution in [2.45, 2.75) is 59.1 Å². The molecule has 0 N–H and O–H groups in total. The molecule has 11 heteroatoms. The number of esters is 1. The predicted octanol–water partition coefficient (Wildman–Crippen LogP) is 6.95. The summed E-state index contributed by atoms with van der Waals surface area (Å²) in [4.78, 5) is 43.3. The van der Waals surface area contributed by atoms with E-state index in [1.165, 1.54) is 23.5 Å². The number of thiazole rings is 1. The Morgan fingerprint density at radius 3 is 2.43 bits per heavy atom. The number of hydrogen-bond acceptors (Lipinski definition) is 8. The van der Waals surface area contributed by atoms with E-state index in [2.05, 4.69) is 29.8 Å². The Kier molecular flexibility index (Phi) is 10.3. The second-order valence-corrected chi connectivity index (χ2v) is 13.0. The van der Waals surface area contributed by atoms with Crippen molar-refractivity contribution >= 4 is 45.0 Å². The highest BCUT2D eigenvalue weighted by Crippen LogP contribution is 2.33. The molecule has 2 heterocycles. The van der Waals surface area contributed by atoms with E-state index in [1.807, 2.05) is 43.3 Å². The van der Waals surface area contributed by atoms with Gasteiger partial charge in [0.1, 0.15) is 12.4 Å². The molecule has 46 heavy (non-hydrogen) atoms. The van der Waals surface area contributed by atoms with Crippen LogP contribution in [0.2, 0.25) is 0 Å². The summed E-state index contributed by atoms with van der Waals surface area (Å²) in [6.45, 7) is 8.49. The second-order valence-electron chi connectivity index (χ2n) is 11.1. The van der Waals surface area contributed by atoms with Crippen LogP contribution >= 0.6 is 27.3 Å². The molecule has 1 aliphatic heterocycles. The standard InChI is InChI=1S/C35H34BrN3O6S/c1-5-7-28-31(34(41)44-6-2)32(25-13-11-24(12-14-25)21(3)4)38-33(40)30(46-35(38)37-28)19-23-10-17-29(27(36)18-23)45-20-22-8-15-26(16-9-22)39(42)43/h8-19,21,32H,5-7,20H2,1-4H3/b30-19-/t32-/m1/s1. The average molecular weight is 705 g/mol. The highest BCUT2D eigenvalue weighted by Gasteiger charge is 2.34. The van der Waals surface area contributed by atoms with Crippen molar-refractivity contribution in [2.75, 3.05) is 6.61 Å². The first-order valence-electron chi connectivity index (χ1n) is 15.1. The van der Waals surface area contributed by atoms with Crippen molar-refractivity contribution in [1.29, 1.82) is 0 Å². The number of carbonyl (C=O) groups is 1. The Morgan fingerprint density at radius 2 is 1.83 bits per heavy atom. The first-order valence-corrected chi connectivity index (χ1v) is 16.7. The van der Waals surface area contributed by atoms with Crippen LogP contribution in [-0.2, 0) is 16.1 Å². The maximum absolute atomic E-state index is 14.1. The van der Waals surface area contributed by atoms with E-state index in [-0.39, 0.29) is 24.5 Å². The van der Waals surface area contributed by atoms with Crippen LogP contribution in [0.4, 0.5) is 5.69 Å². The number of aromatic nitrogens is 1. The van der Waals surface area contributed by atoms with Crippen molar-refractivity contribution in [2.24, 2.45) is 4.99 Å². The summed E-state index contributed by atoms with van der Waals surface area (Å²) in [6.07, 6.45) is 3.16. The first-order chi connectivity index (χ1) is 22.1. The molecule has 0 spiro atoms. The van der Waals surface area contributed by atoms with Gasteiger partial charge in [0.05, 0.1) is 37.8 Å². The van der Waals surface area contributed by atoms with Crippen LogP contribution < -0.4 is 19.6 Å². The van der Waals surface area contributed by atoms with Crippen molar-refractivity contribution in [3.63, 3.8) is 0 Å². The molecule has 0 saturated heterocycles. The fourth-order valence-electron chi connectivity index (χ4n) is 5.25. The molecule has 1 aliphatic rings. The maximum Gasteiger partial charge on any atom is 0.338 e. The van der Waals surface area contributed by atoms with Gasteiger partial charge in [0.2, 0.25) is 0 Å². The van der Waals surface area contributed by atoms with Crippen molar-refractivity contribution in [1.82, 2.24) is 4.57 Å². The molecule has 0 unspecified atom stereocenters. The zero-order valence-corrected chi connectivity index (χ0v) is 28.4. The minimum absolute atomic E-state index is 0.0219. The summed E-state index contributed by atoms with van der Waals surface area (Å²) in [7, 11) is 0. The van der Waals surface area contributed by atoms with Crippen LogP contribution in [0.5, 0.6) is 5.75 Å². The predicted molar refractivity (Wildman–Crippen MR) is 182 cm³/mol. The van der Waals surface area contributed by atoms with Crippen molar-refractivity contribution in [3.05, 3.63) is 135 Å². The largest absolute Gasteiger partial charge is 0.488 e. The first kappa shape index (κ1) is 33.0. The van der Waals surface area contributed by atoms with Crippen LogP contribution in [0.1, 0.15) is 74.8 Å². The van der Waals surface area contributed by atoms with Crippen LogP contribution in [-0.4, -0.2) is 22.1 Å². The van der Waals surface area contributed by atoms with Crippen LogP contribution in [0, 0.1) is 10.1 Å². The number of carbonyl (C=O) groups excluding carboxylic acids is 1. The number of nitro benzene ring substituents is 1. The lowest BCUT2D eigenvalue weighted by Crippen LogP contribution is -2.40. The molecule has 238 valence electrons. The van der Waals surface area contributed by atoms with Crippen LogP contribution in [0.3, 0.4) is 0 Å². The number of allylic oxidation sites excluding steroid dienone is 1. The zero-order valence-electron chi connectivity index (χ0n) is 26.0. The molecule has 1 atom stereocenters. The van der Waals surface area contributed by atoms with Gasteiger partial charge in [0, 0.05) is 12.1 Å². The van der Waals surface area contributed by atoms with Crippen molar-refractivity contribution < 1.29 is 19.2 Å². The topological polar surface area (TPSA) is 113 Å². The molecule has 0 saturated carbocycles. The SMILES string of the molecule is CCCC1=C(C(=O)OCC)[C@@H](c2ccc(C(C)C)cc2)n2c(s/c(=C\c3ccc(OCc4ccc([N+](=O)[O-])cc4)c(Br)c3)c2=O)=N1. The zero-order chi connectivity index (χ0) is 33.0. The second kappa shape index (κ2) is 14.4. The minimum Gasteiger partial charge on any atom is -0.488 e. The monoisotopic (exact) mass is 703 g/mol. The number of benzene rings is 3. The molecule has 0 fully saturated rings. The molecule has 0 amide bonds. The molecule has 3 aromatic carbocycles. The normalized spacial score (nSPS) is 14.7. The number of ether oxygens (including phenoxy) is 2. The lowest BCUT2D eigenvalue weighted by Gasteiger charge is -2.26. The quantitative estimate of drug-likeness (QED) is 0.0949. The van der Waals surface area contributed by atoms with Gasteiger partial charge in [-0.15, -0.1) is 0 Å². The third-order valence-electron chi connectivity index (χ3n) is 7.61. The Hall–Kier alpha value is -4.35. The summed E-state index contributed by atoms with van der Waals surface area (Å²) in [5.41, 5.74) is 4.37. The molecule has 1 aromatic heterocycles. The Bertz CT molecular complexity index is 1980. The molecule has 0 aliphatic carbocycles. The molecule has 0 radical (unpaired) electrons. The Labute approximate surface area is 278 Å². The number of non-ortho nitro benzene ring substituents is 1.